The van der Waals surface area contributed by atoms with E-state index in [2.05, 4.69) is 78.1 Å². The lowest BCUT2D eigenvalue weighted by Crippen LogP contribution is -2.16. The quantitative estimate of drug-likeness (QED) is 0.521. The molecule has 3 aromatic rings. The van der Waals surface area contributed by atoms with Crippen LogP contribution < -0.4 is 5.32 Å². The van der Waals surface area contributed by atoms with Crippen LogP contribution in [-0.2, 0) is 6.54 Å². The van der Waals surface area contributed by atoms with Gasteiger partial charge in [0, 0.05) is 23.7 Å². The van der Waals surface area contributed by atoms with Crippen molar-refractivity contribution in [3.63, 3.8) is 0 Å². The van der Waals surface area contributed by atoms with E-state index in [0.717, 1.165) is 18.8 Å². The number of thioether (sulfide) groups is 1. The summed E-state index contributed by atoms with van der Waals surface area (Å²) in [6.45, 7) is 1.94. The van der Waals surface area contributed by atoms with E-state index in [4.69, 9.17) is 0 Å². The average Bonchev–Trinajstić information content (AvgIpc) is 2.56. The van der Waals surface area contributed by atoms with E-state index in [1.165, 1.54) is 21.2 Å². The minimum Gasteiger partial charge on any atom is -0.312 e. The summed E-state index contributed by atoms with van der Waals surface area (Å²) in [6.07, 6.45) is 0. The Kier molecular flexibility index (Phi) is 4.93. The summed E-state index contributed by atoms with van der Waals surface area (Å²) >= 11 is 1.90. The summed E-state index contributed by atoms with van der Waals surface area (Å²) in [5.74, 6) is 1.09. The molecule has 0 saturated heterocycles. The van der Waals surface area contributed by atoms with Gasteiger partial charge in [0.05, 0.1) is 0 Å². The van der Waals surface area contributed by atoms with Crippen LogP contribution in [0.15, 0.2) is 77.7 Å². The van der Waals surface area contributed by atoms with E-state index in [0.29, 0.717) is 0 Å². The molecule has 1 N–H and O–H groups in total. The third-order valence-electron chi connectivity index (χ3n) is 3.49. The number of benzene rings is 3. The fraction of sp³-hybridized carbons (Fsp3) is 0.158. The van der Waals surface area contributed by atoms with E-state index in [-0.39, 0.29) is 0 Å². The largest absolute Gasteiger partial charge is 0.312 e. The van der Waals surface area contributed by atoms with E-state index in [1.54, 1.807) is 0 Å². The highest BCUT2D eigenvalue weighted by molar-refractivity contribution is 7.99. The molecule has 0 atom stereocenters. The highest BCUT2D eigenvalue weighted by atomic mass is 32.2. The molecule has 3 rings (SSSR count). The van der Waals surface area contributed by atoms with Gasteiger partial charge in [0.2, 0.25) is 0 Å². The predicted molar refractivity (Wildman–Crippen MR) is 92.8 cm³/mol. The van der Waals surface area contributed by atoms with Crippen molar-refractivity contribution in [2.45, 2.75) is 11.4 Å². The van der Waals surface area contributed by atoms with Crippen LogP contribution in [0.1, 0.15) is 5.56 Å². The van der Waals surface area contributed by atoms with Gasteiger partial charge in [-0.15, -0.1) is 11.8 Å². The third kappa shape index (κ3) is 3.87. The molecule has 0 spiro atoms. The van der Waals surface area contributed by atoms with Gasteiger partial charge in [-0.2, -0.15) is 0 Å². The number of rotatable bonds is 6. The summed E-state index contributed by atoms with van der Waals surface area (Å²) in [4.78, 5) is 1.34. The second-order valence-corrected chi connectivity index (χ2v) is 6.14. The minimum atomic E-state index is 0.927. The topological polar surface area (TPSA) is 12.0 Å². The van der Waals surface area contributed by atoms with Crippen molar-refractivity contribution in [2.24, 2.45) is 0 Å². The summed E-state index contributed by atoms with van der Waals surface area (Å²) in [5, 5.41) is 6.21. The predicted octanol–water partition coefficient (Wildman–Crippen LogP) is 4.72. The Hall–Kier alpha value is -1.77. The van der Waals surface area contributed by atoms with E-state index in [9.17, 15) is 0 Å². The van der Waals surface area contributed by atoms with Gasteiger partial charge in [-0.25, -0.2) is 0 Å². The van der Waals surface area contributed by atoms with Crippen molar-refractivity contribution in [2.75, 3.05) is 12.3 Å². The van der Waals surface area contributed by atoms with Crippen LogP contribution in [0.5, 0.6) is 0 Å². The van der Waals surface area contributed by atoms with E-state index < -0.39 is 0 Å². The van der Waals surface area contributed by atoms with Crippen molar-refractivity contribution in [3.05, 3.63) is 78.4 Å². The van der Waals surface area contributed by atoms with Gasteiger partial charge in [-0.05, 0) is 28.5 Å². The summed E-state index contributed by atoms with van der Waals surface area (Å²) < 4.78 is 0. The molecule has 0 unspecified atom stereocenters. The average molecular weight is 293 g/mol. The maximum absolute atomic E-state index is 3.54. The molecule has 0 aromatic heterocycles. The molecule has 0 fully saturated rings. The van der Waals surface area contributed by atoms with Crippen LogP contribution in [-0.4, -0.2) is 12.3 Å². The van der Waals surface area contributed by atoms with Gasteiger partial charge in [0.25, 0.3) is 0 Å². The van der Waals surface area contributed by atoms with Crippen LogP contribution in [0.4, 0.5) is 0 Å². The maximum Gasteiger partial charge on any atom is 0.0211 e. The molecule has 1 nitrogen and oxygen atoms in total. The Balaban J connectivity index is 1.51. The summed E-state index contributed by atoms with van der Waals surface area (Å²) in [5.41, 5.74) is 1.37. The van der Waals surface area contributed by atoms with Gasteiger partial charge < -0.3 is 5.32 Å². The number of hydrogen-bond acceptors (Lipinski definition) is 2. The van der Waals surface area contributed by atoms with Crippen LogP contribution in [0, 0.1) is 0 Å². The zero-order chi connectivity index (χ0) is 14.3. The molecule has 3 aromatic carbocycles. The van der Waals surface area contributed by atoms with E-state index in [1.807, 2.05) is 11.8 Å². The molecule has 0 aliphatic carbocycles. The third-order valence-corrected chi connectivity index (χ3v) is 4.50. The lowest BCUT2D eigenvalue weighted by molar-refractivity contribution is 0.736. The monoisotopic (exact) mass is 293 g/mol. The lowest BCUT2D eigenvalue weighted by atomic mass is 10.0. The fourth-order valence-corrected chi connectivity index (χ4v) is 3.26. The van der Waals surface area contributed by atoms with Crippen LogP contribution in [0.3, 0.4) is 0 Å². The smallest absolute Gasteiger partial charge is 0.0211 e. The van der Waals surface area contributed by atoms with Crippen molar-refractivity contribution in [1.82, 2.24) is 5.32 Å². The molecule has 0 aliphatic rings. The van der Waals surface area contributed by atoms with Gasteiger partial charge in [-0.3, -0.25) is 0 Å². The van der Waals surface area contributed by atoms with E-state index >= 15 is 0 Å². The molecule has 106 valence electrons. The first-order chi connectivity index (χ1) is 10.4. The molecular formula is C19H19NS. The highest BCUT2D eigenvalue weighted by Crippen LogP contribution is 2.19. The van der Waals surface area contributed by atoms with Crippen molar-refractivity contribution < 1.29 is 0 Å². The molecule has 0 amide bonds. The van der Waals surface area contributed by atoms with Crippen molar-refractivity contribution in [3.8, 4) is 0 Å². The number of nitrogens with one attached hydrogen (secondary N) is 1. The molecule has 0 heterocycles. The van der Waals surface area contributed by atoms with Gasteiger partial charge in [-0.1, -0.05) is 60.7 Å². The Morgan fingerprint density at radius 2 is 1.52 bits per heavy atom. The number of hydrogen-bond donors (Lipinski definition) is 1. The zero-order valence-electron chi connectivity index (χ0n) is 12.0. The Morgan fingerprint density at radius 3 is 2.43 bits per heavy atom. The first-order valence-electron chi connectivity index (χ1n) is 7.29. The summed E-state index contributed by atoms with van der Waals surface area (Å²) in [6, 6.07) is 25.6. The minimum absolute atomic E-state index is 0.927. The standard InChI is InChI=1S/C19H19NS/c1-2-10-18(11-3-1)21-14-13-20-15-17-9-6-8-16-7-4-5-12-19(16)17/h1-12,20H,13-15H2. The van der Waals surface area contributed by atoms with Gasteiger partial charge in [0.15, 0.2) is 0 Å². The van der Waals surface area contributed by atoms with Crippen LogP contribution >= 0.6 is 11.8 Å². The lowest BCUT2D eigenvalue weighted by Gasteiger charge is -2.08. The molecule has 0 radical (unpaired) electrons. The molecule has 0 bridgehead atoms. The fourth-order valence-electron chi connectivity index (χ4n) is 2.43. The van der Waals surface area contributed by atoms with Crippen LogP contribution in [0.2, 0.25) is 0 Å². The SMILES string of the molecule is c1ccc(SCCNCc2cccc3ccccc23)cc1. The highest BCUT2D eigenvalue weighted by Gasteiger charge is 1.99. The first kappa shape index (κ1) is 14.2. The van der Waals surface area contributed by atoms with Gasteiger partial charge in [0.1, 0.15) is 0 Å². The Bertz CT molecular complexity index is 689. The van der Waals surface area contributed by atoms with Crippen LogP contribution in [0.25, 0.3) is 10.8 Å². The molecular weight excluding hydrogens is 274 g/mol. The molecule has 21 heavy (non-hydrogen) atoms. The zero-order valence-corrected chi connectivity index (χ0v) is 12.8. The molecule has 2 heteroatoms. The van der Waals surface area contributed by atoms with Crippen molar-refractivity contribution in [1.29, 1.82) is 0 Å². The normalized spacial score (nSPS) is 10.9. The Labute approximate surface area is 130 Å². The maximum atomic E-state index is 3.54. The second-order valence-electron chi connectivity index (χ2n) is 4.98. The number of fused-ring (bicyclic) bond motifs is 1. The molecule has 0 aliphatic heterocycles. The second kappa shape index (κ2) is 7.30. The summed E-state index contributed by atoms with van der Waals surface area (Å²) in [7, 11) is 0. The van der Waals surface area contributed by atoms with Gasteiger partial charge >= 0.3 is 0 Å². The van der Waals surface area contributed by atoms with Crippen molar-refractivity contribution >= 4 is 22.5 Å². The Morgan fingerprint density at radius 1 is 0.762 bits per heavy atom. The molecule has 0 saturated carbocycles. The first-order valence-corrected chi connectivity index (χ1v) is 8.27.